The number of benzene rings is 1. The van der Waals surface area contributed by atoms with Gasteiger partial charge in [-0.2, -0.15) is 0 Å². The molecule has 1 atom stereocenters. The van der Waals surface area contributed by atoms with Gasteiger partial charge in [0.05, 0.1) is 14.2 Å². The average Bonchev–Trinajstić information content (AvgIpc) is 2.41. The lowest BCUT2D eigenvalue weighted by atomic mass is 9.98. The van der Waals surface area contributed by atoms with Crippen molar-refractivity contribution in [2.24, 2.45) is 0 Å². The molecule has 1 saturated heterocycles. The third-order valence-electron chi connectivity index (χ3n) is 2.83. The second-order valence-electron chi connectivity index (χ2n) is 4.02. The SMILES string of the molecule is COc1ccc(OC)c([C@@H]2NC(=O)OCC2(F)F)c1. The van der Waals surface area contributed by atoms with E-state index in [2.05, 4.69) is 10.1 Å². The van der Waals surface area contributed by atoms with Crippen LogP contribution in [0.5, 0.6) is 11.5 Å². The quantitative estimate of drug-likeness (QED) is 0.916. The first-order valence-corrected chi connectivity index (χ1v) is 5.51. The Balaban J connectivity index is 2.45. The van der Waals surface area contributed by atoms with E-state index in [9.17, 15) is 13.6 Å². The van der Waals surface area contributed by atoms with Crippen molar-refractivity contribution >= 4 is 6.09 Å². The summed E-state index contributed by atoms with van der Waals surface area (Å²) in [5.41, 5.74) is 0.142. The van der Waals surface area contributed by atoms with Gasteiger partial charge in [-0.05, 0) is 18.2 Å². The van der Waals surface area contributed by atoms with Crippen LogP contribution >= 0.6 is 0 Å². The van der Waals surface area contributed by atoms with Crippen molar-refractivity contribution in [3.63, 3.8) is 0 Å². The van der Waals surface area contributed by atoms with Crippen LogP contribution in [0.25, 0.3) is 0 Å². The molecule has 0 aromatic heterocycles. The number of hydrogen-bond acceptors (Lipinski definition) is 4. The smallest absolute Gasteiger partial charge is 0.408 e. The zero-order valence-corrected chi connectivity index (χ0v) is 10.4. The zero-order chi connectivity index (χ0) is 14.0. The van der Waals surface area contributed by atoms with Crippen molar-refractivity contribution in [3.8, 4) is 11.5 Å². The fraction of sp³-hybridized carbons (Fsp3) is 0.417. The van der Waals surface area contributed by atoms with E-state index in [4.69, 9.17) is 9.47 Å². The van der Waals surface area contributed by atoms with Crippen LogP contribution in [0.4, 0.5) is 13.6 Å². The van der Waals surface area contributed by atoms with E-state index >= 15 is 0 Å². The highest BCUT2D eigenvalue weighted by Gasteiger charge is 2.48. The van der Waals surface area contributed by atoms with Crippen molar-refractivity contribution in [2.75, 3.05) is 20.8 Å². The number of amides is 1. The largest absolute Gasteiger partial charge is 0.497 e. The minimum absolute atomic E-state index is 0.142. The molecule has 1 aromatic carbocycles. The molecule has 5 nitrogen and oxygen atoms in total. The molecule has 7 heteroatoms. The van der Waals surface area contributed by atoms with Crippen LogP contribution in [0.1, 0.15) is 11.6 Å². The predicted molar refractivity (Wildman–Crippen MR) is 61.7 cm³/mol. The maximum Gasteiger partial charge on any atom is 0.408 e. The van der Waals surface area contributed by atoms with Gasteiger partial charge in [0, 0.05) is 5.56 Å². The molecule has 0 radical (unpaired) electrons. The van der Waals surface area contributed by atoms with Crippen LogP contribution in [0.3, 0.4) is 0 Å². The van der Waals surface area contributed by atoms with Gasteiger partial charge in [0.1, 0.15) is 17.5 Å². The lowest BCUT2D eigenvalue weighted by Gasteiger charge is -2.32. The number of carbonyl (C=O) groups is 1. The van der Waals surface area contributed by atoms with Crippen LogP contribution in [-0.4, -0.2) is 32.8 Å². The van der Waals surface area contributed by atoms with Crippen LogP contribution in [0.15, 0.2) is 18.2 Å². The molecule has 0 unspecified atom stereocenters. The van der Waals surface area contributed by atoms with Gasteiger partial charge in [-0.25, -0.2) is 13.6 Å². The Bertz CT molecular complexity index is 493. The Morgan fingerprint density at radius 2 is 2.11 bits per heavy atom. The number of alkyl carbamates (subject to hydrolysis) is 1. The van der Waals surface area contributed by atoms with Crippen molar-refractivity contribution in [1.82, 2.24) is 5.32 Å². The van der Waals surface area contributed by atoms with E-state index in [1.165, 1.54) is 26.4 Å². The van der Waals surface area contributed by atoms with Crippen LogP contribution in [0.2, 0.25) is 0 Å². The predicted octanol–water partition coefficient (Wildman–Crippen LogP) is 2.12. The third kappa shape index (κ3) is 2.54. The Hall–Kier alpha value is -2.05. The van der Waals surface area contributed by atoms with E-state index in [1.807, 2.05) is 0 Å². The summed E-state index contributed by atoms with van der Waals surface area (Å²) >= 11 is 0. The van der Waals surface area contributed by atoms with Gasteiger partial charge in [0.25, 0.3) is 0 Å². The standard InChI is InChI=1S/C12H13F2NO4/c1-17-7-3-4-9(18-2)8(5-7)10-12(13,14)6-19-11(16)15-10/h3-5,10H,6H2,1-2H3,(H,15,16)/t10-/m0/s1. The first-order valence-electron chi connectivity index (χ1n) is 5.51. The highest BCUT2D eigenvalue weighted by Crippen LogP contribution is 2.39. The number of ether oxygens (including phenoxy) is 3. The molecule has 1 heterocycles. The second kappa shape index (κ2) is 4.91. The number of halogens is 2. The number of carbonyl (C=O) groups excluding carboxylic acids is 1. The van der Waals surface area contributed by atoms with Gasteiger partial charge in [-0.1, -0.05) is 0 Å². The van der Waals surface area contributed by atoms with Gasteiger partial charge >= 0.3 is 12.0 Å². The number of hydrogen-bond donors (Lipinski definition) is 1. The van der Waals surface area contributed by atoms with E-state index < -0.39 is 24.7 Å². The summed E-state index contributed by atoms with van der Waals surface area (Å²) in [4.78, 5) is 11.1. The molecule has 0 bridgehead atoms. The molecule has 1 aromatic rings. The van der Waals surface area contributed by atoms with Crippen molar-refractivity contribution in [1.29, 1.82) is 0 Å². The molecule has 1 aliphatic rings. The fourth-order valence-electron chi connectivity index (χ4n) is 1.88. The maximum atomic E-state index is 13.8. The highest BCUT2D eigenvalue weighted by atomic mass is 19.3. The first-order chi connectivity index (χ1) is 8.97. The number of rotatable bonds is 3. The van der Waals surface area contributed by atoms with E-state index in [0.717, 1.165) is 0 Å². The van der Waals surface area contributed by atoms with Crippen LogP contribution in [-0.2, 0) is 4.74 Å². The normalized spacial score (nSPS) is 21.3. The molecule has 19 heavy (non-hydrogen) atoms. The molecule has 1 fully saturated rings. The summed E-state index contributed by atoms with van der Waals surface area (Å²) in [7, 11) is 2.79. The summed E-state index contributed by atoms with van der Waals surface area (Å²) in [5, 5.41) is 2.10. The summed E-state index contributed by atoms with van der Waals surface area (Å²) in [6, 6.07) is 2.98. The maximum absolute atomic E-state index is 13.8. The molecule has 2 rings (SSSR count). The molecule has 0 saturated carbocycles. The Labute approximate surface area is 108 Å². The highest BCUT2D eigenvalue weighted by molar-refractivity contribution is 5.69. The number of alkyl halides is 2. The summed E-state index contributed by atoms with van der Waals surface area (Å²) < 4.78 is 42.0. The average molecular weight is 273 g/mol. The molecule has 1 aliphatic heterocycles. The monoisotopic (exact) mass is 273 g/mol. The summed E-state index contributed by atoms with van der Waals surface area (Å²) in [6.07, 6.45) is -0.888. The fourth-order valence-corrected chi connectivity index (χ4v) is 1.88. The Morgan fingerprint density at radius 3 is 2.74 bits per heavy atom. The molecule has 0 aliphatic carbocycles. The molecular weight excluding hydrogens is 260 g/mol. The van der Waals surface area contributed by atoms with E-state index in [1.54, 1.807) is 6.07 Å². The minimum Gasteiger partial charge on any atom is -0.497 e. The Morgan fingerprint density at radius 1 is 1.37 bits per heavy atom. The van der Waals surface area contributed by atoms with Crippen molar-refractivity contribution < 1.29 is 27.8 Å². The van der Waals surface area contributed by atoms with Gasteiger partial charge < -0.3 is 19.5 Å². The second-order valence-corrected chi connectivity index (χ2v) is 4.02. The lowest BCUT2D eigenvalue weighted by molar-refractivity contribution is -0.104. The number of methoxy groups -OCH3 is 2. The summed E-state index contributed by atoms with van der Waals surface area (Å²) in [5.74, 6) is -2.59. The lowest BCUT2D eigenvalue weighted by Crippen LogP contribution is -2.49. The van der Waals surface area contributed by atoms with E-state index in [-0.39, 0.29) is 11.3 Å². The molecule has 104 valence electrons. The first kappa shape index (κ1) is 13.4. The van der Waals surface area contributed by atoms with Crippen molar-refractivity contribution in [3.05, 3.63) is 23.8 Å². The van der Waals surface area contributed by atoms with E-state index in [0.29, 0.717) is 5.75 Å². The van der Waals surface area contributed by atoms with Crippen LogP contribution < -0.4 is 14.8 Å². The van der Waals surface area contributed by atoms with Crippen LogP contribution in [0, 0.1) is 0 Å². The topological polar surface area (TPSA) is 56.8 Å². The Kier molecular flexibility index (Phi) is 3.46. The van der Waals surface area contributed by atoms with Gasteiger partial charge in [-0.15, -0.1) is 0 Å². The number of nitrogens with one attached hydrogen (secondary N) is 1. The number of cyclic esters (lactones) is 1. The molecule has 0 spiro atoms. The van der Waals surface area contributed by atoms with Gasteiger partial charge in [-0.3, -0.25) is 0 Å². The van der Waals surface area contributed by atoms with Crippen molar-refractivity contribution in [2.45, 2.75) is 12.0 Å². The third-order valence-corrected chi connectivity index (χ3v) is 2.83. The molecule has 1 N–H and O–H groups in total. The summed E-state index contributed by atoms with van der Waals surface area (Å²) in [6.45, 7) is -0.968. The molecular formula is C12H13F2NO4. The van der Waals surface area contributed by atoms with Gasteiger partial charge in [0.15, 0.2) is 6.61 Å². The zero-order valence-electron chi connectivity index (χ0n) is 10.4. The molecule has 1 amide bonds. The minimum atomic E-state index is -3.23. The van der Waals surface area contributed by atoms with Gasteiger partial charge in [0.2, 0.25) is 0 Å².